The fourth-order valence-electron chi connectivity index (χ4n) is 1.43. The Hall–Kier alpha value is -0.640. The molecule has 2 rings (SSSR count). The van der Waals surface area contributed by atoms with Crippen LogP contribution in [0.15, 0.2) is 0 Å². The third-order valence-corrected chi connectivity index (χ3v) is 2.92. The highest BCUT2D eigenvalue weighted by atomic mass is 19.1. The Kier molecular flexibility index (Phi) is 2.24. The maximum atomic E-state index is 13.4. The fraction of sp³-hybridized carbons (Fsp3) is 0.889. The third-order valence-electron chi connectivity index (χ3n) is 2.92. The molecule has 0 atom stereocenters. The first kappa shape index (κ1) is 8.94. The highest BCUT2D eigenvalue weighted by Crippen LogP contribution is 2.36. The van der Waals surface area contributed by atoms with Crippen molar-refractivity contribution in [2.75, 3.05) is 0 Å². The van der Waals surface area contributed by atoms with Crippen molar-refractivity contribution in [1.82, 2.24) is 5.48 Å². The van der Waals surface area contributed by atoms with Crippen molar-refractivity contribution in [3.05, 3.63) is 0 Å². The van der Waals surface area contributed by atoms with E-state index in [0.717, 1.165) is 25.7 Å². The highest BCUT2D eigenvalue weighted by molar-refractivity contribution is 5.85. The Morgan fingerprint density at radius 1 is 1.38 bits per heavy atom. The Labute approximate surface area is 76.6 Å². The smallest absolute Gasteiger partial charge is 0.270 e. The SMILES string of the molecule is O=C(NOC1CCC1)C1(F)CCC1. The number of amides is 1. The molecule has 13 heavy (non-hydrogen) atoms. The third kappa shape index (κ3) is 1.68. The van der Waals surface area contributed by atoms with E-state index in [4.69, 9.17) is 4.84 Å². The number of rotatable bonds is 3. The van der Waals surface area contributed by atoms with Gasteiger partial charge in [0.2, 0.25) is 0 Å². The minimum absolute atomic E-state index is 0.118. The lowest BCUT2D eigenvalue weighted by Crippen LogP contribution is -2.49. The molecule has 2 aliphatic carbocycles. The summed E-state index contributed by atoms with van der Waals surface area (Å²) < 4.78 is 13.4. The minimum Gasteiger partial charge on any atom is -0.270 e. The van der Waals surface area contributed by atoms with Crippen molar-refractivity contribution in [2.45, 2.75) is 50.3 Å². The molecule has 0 aromatic heterocycles. The van der Waals surface area contributed by atoms with Crippen LogP contribution in [-0.2, 0) is 9.63 Å². The summed E-state index contributed by atoms with van der Waals surface area (Å²) in [6, 6.07) is 0. The van der Waals surface area contributed by atoms with Gasteiger partial charge in [-0.15, -0.1) is 0 Å². The molecular formula is C9H14FNO2. The Balaban J connectivity index is 1.71. The van der Waals surface area contributed by atoms with E-state index in [1.807, 2.05) is 0 Å². The van der Waals surface area contributed by atoms with Crippen LogP contribution in [-0.4, -0.2) is 17.7 Å². The van der Waals surface area contributed by atoms with Crippen LogP contribution in [0.4, 0.5) is 4.39 Å². The predicted molar refractivity (Wildman–Crippen MR) is 44.6 cm³/mol. The maximum Gasteiger partial charge on any atom is 0.281 e. The van der Waals surface area contributed by atoms with E-state index >= 15 is 0 Å². The molecule has 2 aliphatic rings. The molecule has 1 N–H and O–H groups in total. The first-order valence-corrected chi connectivity index (χ1v) is 4.86. The molecule has 0 unspecified atom stereocenters. The van der Waals surface area contributed by atoms with E-state index < -0.39 is 11.6 Å². The van der Waals surface area contributed by atoms with Crippen LogP contribution in [0.2, 0.25) is 0 Å². The first-order chi connectivity index (χ1) is 6.21. The largest absolute Gasteiger partial charge is 0.281 e. The molecular weight excluding hydrogens is 173 g/mol. The molecule has 0 saturated heterocycles. The summed E-state index contributed by atoms with van der Waals surface area (Å²) in [7, 11) is 0. The van der Waals surface area contributed by atoms with Crippen LogP contribution < -0.4 is 5.48 Å². The van der Waals surface area contributed by atoms with Crippen molar-refractivity contribution in [1.29, 1.82) is 0 Å². The standard InChI is InChI=1S/C9H14FNO2/c10-9(5-2-6-9)8(12)11-13-7-3-1-4-7/h7H,1-6H2,(H,11,12). The number of hydrogen-bond donors (Lipinski definition) is 1. The molecule has 0 radical (unpaired) electrons. The molecule has 1 amide bonds. The molecule has 74 valence electrons. The predicted octanol–water partition coefficient (Wildman–Crippen LogP) is 1.48. The summed E-state index contributed by atoms with van der Waals surface area (Å²) >= 11 is 0. The lowest BCUT2D eigenvalue weighted by Gasteiger charge is -2.33. The monoisotopic (exact) mass is 187 g/mol. The normalized spacial score (nSPS) is 25.9. The van der Waals surface area contributed by atoms with Gasteiger partial charge in [0.1, 0.15) is 0 Å². The number of carbonyl (C=O) groups excluding carboxylic acids is 1. The second kappa shape index (κ2) is 3.25. The van der Waals surface area contributed by atoms with E-state index in [2.05, 4.69) is 5.48 Å². The summed E-state index contributed by atoms with van der Waals surface area (Å²) in [6.07, 6.45) is 4.68. The molecule has 0 spiro atoms. The van der Waals surface area contributed by atoms with Gasteiger partial charge in [0.25, 0.3) is 5.91 Å². The zero-order valence-corrected chi connectivity index (χ0v) is 7.51. The molecule has 2 fully saturated rings. The van der Waals surface area contributed by atoms with Crippen molar-refractivity contribution < 1.29 is 14.0 Å². The van der Waals surface area contributed by atoms with Crippen molar-refractivity contribution in [3.8, 4) is 0 Å². The van der Waals surface area contributed by atoms with Crippen LogP contribution in [0.1, 0.15) is 38.5 Å². The van der Waals surface area contributed by atoms with E-state index in [1.54, 1.807) is 0 Å². The molecule has 2 saturated carbocycles. The summed E-state index contributed by atoms with van der Waals surface area (Å²) in [5, 5.41) is 0. The Bertz CT molecular complexity index is 212. The second-order valence-corrected chi connectivity index (χ2v) is 3.92. The van der Waals surface area contributed by atoms with Gasteiger partial charge in [-0.1, -0.05) is 0 Å². The quantitative estimate of drug-likeness (QED) is 0.679. The fourth-order valence-corrected chi connectivity index (χ4v) is 1.43. The van der Waals surface area contributed by atoms with Gasteiger partial charge in [0.15, 0.2) is 5.67 Å². The zero-order chi connectivity index (χ0) is 9.31. The van der Waals surface area contributed by atoms with Crippen LogP contribution in [0.25, 0.3) is 0 Å². The summed E-state index contributed by atoms with van der Waals surface area (Å²) in [4.78, 5) is 16.2. The minimum atomic E-state index is -1.64. The van der Waals surface area contributed by atoms with Crippen LogP contribution >= 0.6 is 0 Å². The number of halogens is 1. The molecule has 4 heteroatoms. The first-order valence-electron chi connectivity index (χ1n) is 4.86. The van der Waals surface area contributed by atoms with Gasteiger partial charge in [-0.25, -0.2) is 9.87 Å². The number of carbonyl (C=O) groups is 1. The van der Waals surface area contributed by atoms with Crippen molar-refractivity contribution in [2.24, 2.45) is 0 Å². The van der Waals surface area contributed by atoms with Gasteiger partial charge in [0, 0.05) is 0 Å². The Morgan fingerprint density at radius 2 is 2.08 bits per heavy atom. The van der Waals surface area contributed by atoms with Gasteiger partial charge in [-0.2, -0.15) is 0 Å². The summed E-state index contributed by atoms with van der Waals surface area (Å²) in [5.74, 6) is -0.592. The number of alkyl halides is 1. The van der Waals surface area contributed by atoms with Crippen LogP contribution in [0, 0.1) is 0 Å². The molecule has 3 nitrogen and oxygen atoms in total. The Morgan fingerprint density at radius 3 is 2.46 bits per heavy atom. The zero-order valence-electron chi connectivity index (χ0n) is 7.51. The average molecular weight is 187 g/mol. The van der Waals surface area contributed by atoms with E-state index in [1.165, 1.54) is 0 Å². The average Bonchev–Trinajstić information content (AvgIpc) is 1.97. The molecule has 0 bridgehead atoms. The lowest BCUT2D eigenvalue weighted by atomic mass is 9.81. The van der Waals surface area contributed by atoms with Crippen LogP contribution in [0.5, 0.6) is 0 Å². The number of nitrogens with one attached hydrogen (secondary N) is 1. The lowest BCUT2D eigenvalue weighted by molar-refractivity contribution is -0.160. The van der Waals surface area contributed by atoms with E-state index in [0.29, 0.717) is 12.8 Å². The van der Waals surface area contributed by atoms with Gasteiger partial charge < -0.3 is 0 Å². The molecule has 0 aliphatic heterocycles. The topological polar surface area (TPSA) is 38.3 Å². The highest BCUT2D eigenvalue weighted by Gasteiger charge is 2.45. The summed E-state index contributed by atoms with van der Waals surface area (Å²) in [6.45, 7) is 0. The van der Waals surface area contributed by atoms with E-state index in [9.17, 15) is 9.18 Å². The van der Waals surface area contributed by atoms with Crippen molar-refractivity contribution >= 4 is 5.91 Å². The van der Waals surface area contributed by atoms with Gasteiger partial charge in [-0.05, 0) is 38.5 Å². The molecule has 0 aromatic rings. The number of hydrogen-bond acceptors (Lipinski definition) is 2. The summed E-state index contributed by atoms with van der Waals surface area (Å²) in [5.41, 5.74) is 0.578. The molecule has 0 aromatic carbocycles. The molecule has 0 heterocycles. The van der Waals surface area contributed by atoms with Crippen LogP contribution in [0.3, 0.4) is 0 Å². The second-order valence-electron chi connectivity index (χ2n) is 3.92. The van der Waals surface area contributed by atoms with Crippen molar-refractivity contribution in [3.63, 3.8) is 0 Å². The van der Waals surface area contributed by atoms with E-state index in [-0.39, 0.29) is 6.10 Å². The van der Waals surface area contributed by atoms with Gasteiger partial charge >= 0.3 is 0 Å². The van der Waals surface area contributed by atoms with Gasteiger partial charge in [0.05, 0.1) is 6.10 Å². The maximum absolute atomic E-state index is 13.4. The van der Waals surface area contributed by atoms with Gasteiger partial charge in [-0.3, -0.25) is 9.63 Å². The number of hydroxylamine groups is 1.